The number of nitrogens with one attached hydrogen (secondary N) is 2. The molecule has 6 nitrogen and oxygen atoms in total. The van der Waals surface area contributed by atoms with Crippen LogP contribution in [0.25, 0.3) is 6.08 Å². The van der Waals surface area contributed by atoms with Crippen LogP contribution in [0.2, 0.25) is 5.02 Å². The summed E-state index contributed by atoms with van der Waals surface area (Å²) >= 11 is 6.07. The Hall–Kier alpha value is -3.64. The number of ketones is 1. The van der Waals surface area contributed by atoms with Gasteiger partial charge in [-0.15, -0.1) is 0 Å². The minimum Gasteiger partial charge on any atom is -0.465 e. The topological polar surface area (TPSA) is 88.4 Å². The zero-order valence-corrected chi connectivity index (χ0v) is 16.2. The number of benzene rings is 2. The largest absolute Gasteiger partial charge is 0.465 e. The van der Waals surface area contributed by atoms with E-state index in [0.717, 1.165) is 0 Å². The lowest BCUT2D eigenvalue weighted by Crippen LogP contribution is -2.30. The van der Waals surface area contributed by atoms with Gasteiger partial charge in [-0.25, -0.2) is 0 Å². The van der Waals surface area contributed by atoms with Gasteiger partial charge in [-0.3, -0.25) is 14.4 Å². The van der Waals surface area contributed by atoms with Crippen molar-refractivity contribution in [2.45, 2.75) is 6.92 Å². The molecule has 2 amide bonds. The molecule has 0 aliphatic carbocycles. The van der Waals surface area contributed by atoms with Crippen molar-refractivity contribution in [3.8, 4) is 0 Å². The van der Waals surface area contributed by atoms with Gasteiger partial charge < -0.3 is 15.1 Å². The molecule has 0 saturated carbocycles. The van der Waals surface area contributed by atoms with Gasteiger partial charge in [0.15, 0.2) is 5.78 Å². The molecule has 3 rings (SSSR count). The van der Waals surface area contributed by atoms with E-state index in [9.17, 15) is 14.4 Å². The monoisotopic (exact) mass is 408 g/mol. The highest BCUT2D eigenvalue weighted by Crippen LogP contribution is 2.17. The summed E-state index contributed by atoms with van der Waals surface area (Å²) in [4.78, 5) is 36.8. The van der Waals surface area contributed by atoms with Gasteiger partial charge in [0.05, 0.1) is 16.8 Å². The van der Waals surface area contributed by atoms with E-state index in [4.69, 9.17) is 16.0 Å². The average Bonchev–Trinajstić information content (AvgIpc) is 3.21. The second-order valence-electron chi connectivity index (χ2n) is 6.10. The SMILES string of the molecule is CC(=O)c1ccc(NC(=O)/C(=C\c2ccco2)NC(=O)c2ccccc2Cl)cc1. The number of carbonyl (C=O) groups excluding carboxylic acids is 3. The standard InChI is InChI=1S/C22H17ClN2O4/c1-14(26)15-8-10-16(11-9-15)24-22(28)20(13-17-5-4-12-29-17)25-21(27)18-6-2-3-7-19(18)23/h2-13H,1H3,(H,24,28)(H,25,27)/b20-13+. The maximum absolute atomic E-state index is 12.8. The summed E-state index contributed by atoms with van der Waals surface area (Å²) in [7, 11) is 0. The Morgan fingerprint density at radius 1 is 0.966 bits per heavy atom. The third-order valence-electron chi connectivity index (χ3n) is 3.99. The number of rotatable bonds is 6. The van der Waals surface area contributed by atoms with Crippen LogP contribution >= 0.6 is 11.6 Å². The lowest BCUT2D eigenvalue weighted by Gasteiger charge is -2.11. The first-order chi connectivity index (χ1) is 13.9. The predicted octanol–water partition coefficient (Wildman–Crippen LogP) is 4.55. The van der Waals surface area contributed by atoms with Crippen LogP contribution in [0.1, 0.15) is 33.4 Å². The fourth-order valence-electron chi connectivity index (χ4n) is 2.50. The minimum atomic E-state index is -0.558. The van der Waals surface area contributed by atoms with E-state index < -0.39 is 11.8 Å². The molecule has 7 heteroatoms. The molecule has 0 spiro atoms. The van der Waals surface area contributed by atoms with E-state index in [-0.39, 0.29) is 22.1 Å². The molecule has 3 aromatic rings. The van der Waals surface area contributed by atoms with Crippen LogP contribution < -0.4 is 10.6 Å². The van der Waals surface area contributed by atoms with Crippen LogP contribution in [0.4, 0.5) is 5.69 Å². The van der Waals surface area contributed by atoms with E-state index in [2.05, 4.69) is 10.6 Å². The van der Waals surface area contributed by atoms with Gasteiger partial charge in [-0.05, 0) is 55.5 Å². The molecule has 0 unspecified atom stereocenters. The molecule has 0 fully saturated rings. The Morgan fingerprint density at radius 3 is 2.31 bits per heavy atom. The van der Waals surface area contributed by atoms with Crippen LogP contribution in [0.15, 0.2) is 77.0 Å². The number of anilines is 1. The number of halogens is 1. The summed E-state index contributed by atoms with van der Waals surface area (Å²) in [6, 6.07) is 16.3. The van der Waals surface area contributed by atoms with E-state index in [1.807, 2.05) is 0 Å². The fourth-order valence-corrected chi connectivity index (χ4v) is 2.72. The molecule has 146 valence electrons. The predicted molar refractivity (Wildman–Crippen MR) is 111 cm³/mol. The summed E-state index contributed by atoms with van der Waals surface area (Å²) in [5.41, 5.74) is 1.21. The summed E-state index contributed by atoms with van der Waals surface area (Å²) in [5.74, 6) is -0.775. The van der Waals surface area contributed by atoms with Crippen molar-refractivity contribution in [2.75, 3.05) is 5.32 Å². The molecule has 1 aromatic heterocycles. The van der Waals surface area contributed by atoms with Crippen molar-refractivity contribution in [1.29, 1.82) is 0 Å². The van der Waals surface area contributed by atoms with Gasteiger partial charge >= 0.3 is 0 Å². The number of amides is 2. The van der Waals surface area contributed by atoms with Crippen molar-refractivity contribution in [2.24, 2.45) is 0 Å². The third-order valence-corrected chi connectivity index (χ3v) is 4.32. The molecule has 29 heavy (non-hydrogen) atoms. The fraction of sp³-hybridized carbons (Fsp3) is 0.0455. The van der Waals surface area contributed by atoms with Gasteiger partial charge in [0.25, 0.3) is 11.8 Å². The Bertz CT molecular complexity index is 1070. The third kappa shape index (κ3) is 5.21. The molecule has 0 bridgehead atoms. The van der Waals surface area contributed by atoms with Crippen LogP contribution in [0.3, 0.4) is 0 Å². The highest BCUT2D eigenvalue weighted by molar-refractivity contribution is 6.34. The number of hydrogen-bond donors (Lipinski definition) is 2. The first-order valence-corrected chi connectivity index (χ1v) is 9.05. The van der Waals surface area contributed by atoms with E-state index in [1.165, 1.54) is 19.3 Å². The second kappa shape index (κ2) is 9.03. The van der Waals surface area contributed by atoms with Gasteiger partial charge in [-0.1, -0.05) is 23.7 Å². The molecule has 0 aliphatic rings. The molecule has 0 aliphatic heterocycles. The molecule has 0 radical (unpaired) electrons. The van der Waals surface area contributed by atoms with Crippen molar-refractivity contribution < 1.29 is 18.8 Å². The van der Waals surface area contributed by atoms with Gasteiger partial charge in [0.1, 0.15) is 11.5 Å². The van der Waals surface area contributed by atoms with E-state index in [0.29, 0.717) is 17.0 Å². The van der Waals surface area contributed by atoms with Crippen LogP contribution in [-0.2, 0) is 4.79 Å². The van der Waals surface area contributed by atoms with Gasteiger partial charge in [0.2, 0.25) is 0 Å². The normalized spacial score (nSPS) is 11.0. The highest BCUT2D eigenvalue weighted by Gasteiger charge is 2.17. The van der Waals surface area contributed by atoms with Gasteiger partial charge in [-0.2, -0.15) is 0 Å². The molecule has 0 atom stereocenters. The molecule has 2 aromatic carbocycles. The van der Waals surface area contributed by atoms with Crippen molar-refractivity contribution >= 4 is 41.0 Å². The lowest BCUT2D eigenvalue weighted by molar-refractivity contribution is -0.113. The summed E-state index contributed by atoms with van der Waals surface area (Å²) in [6.45, 7) is 1.46. The van der Waals surface area contributed by atoms with E-state index >= 15 is 0 Å². The van der Waals surface area contributed by atoms with Crippen LogP contribution in [-0.4, -0.2) is 17.6 Å². The first kappa shape index (κ1) is 20.1. The average molecular weight is 409 g/mol. The van der Waals surface area contributed by atoms with Crippen molar-refractivity contribution in [1.82, 2.24) is 5.32 Å². The number of furan rings is 1. The Morgan fingerprint density at radius 2 is 1.69 bits per heavy atom. The van der Waals surface area contributed by atoms with Crippen molar-refractivity contribution in [3.63, 3.8) is 0 Å². The van der Waals surface area contributed by atoms with Crippen LogP contribution in [0.5, 0.6) is 0 Å². The smallest absolute Gasteiger partial charge is 0.272 e. The molecular weight excluding hydrogens is 392 g/mol. The summed E-state index contributed by atoms with van der Waals surface area (Å²) < 4.78 is 5.25. The van der Waals surface area contributed by atoms with Crippen molar-refractivity contribution in [3.05, 3.63) is 94.5 Å². The number of carbonyl (C=O) groups is 3. The number of hydrogen-bond acceptors (Lipinski definition) is 4. The summed E-state index contributed by atoms with van der Waals surface area (Å²) in [6.07, 6.45) is 2.87. The molecule has 0 saturated heterocycles. The van der Waals surface area contributed by atoms with Gasteiger partial charge in [0, 0.05) is 17.3 Å². The molecule has 2 N–H and O–H groups in total. The van der Waals surface area contributed by atoms with Crippen LogP contribution in [0, 0.1) is 0 Å². The maximum Gasteiger partial charge on any atom is 0.272 e. The second-order valence-corrected chi connectivity index (χ2v) is 6.50. The Kier molecular flexibility index (Phi) is 6.26. The lowest BCUT2D eigenvalue weighted by atomic mass is 10.1. The minimum absolute atomic E-state index is 0.0273. The number of Topliss-reactive ketones (excluding diaryl/α,β-unsaturated/α-hetero) is 1. The molecular formula is C22H17ClN2O4. The quantitative estimate of drug-likeness (QED) is 0.462. The Labute approximate surface area is 172 Å². The van der Waals surface area contributed by atoms with E-state index in [1.54, 1.807) is 60.7 Å². The zero-order chi connectivity index (χ0) is 20.8. The Balaban J connectivity index is 1.83. The highest BCUT2D eigenvalue weighted by atomic mass is 35.5. The summed E-state index contributed by atoms with van der Waals surface area (Å²) in [5, 5.41) is 5.52. The zero-order valence-electron chi connectivity index (χ0n) is 15.4. The molecule has 1 heterocycles. The first-order valence-electron chi connectivity index (χ1n) is 8.67. The maximum atomic E-state index is 12.8.